The summed E-state index contributed by atoms with van der Waals surface area (Å²) in [4.78, 5) is 15.4. The summed E-state index contributed by atoms with van der Waals surface area (Å²) in [5.74, 6) is 0.190. The molecule has 0 saturated carbocycles. The minimum atomic E-state index is 0.0569. The molecule has 0 bridgehead atoms. The van der Waals surface area contributed by atoms with Gasteiger partial charge >= 0.3 is 0 Å². The van der Waals surface area contributed by atoms with Crippen LogP contribution in [-0.4, -0.2) is 17.4 Å². The number of fused-ring (bicyclic) bond motifs is 1. The zero-order chi connectivity index (χ0) is 9.54. The Morgan fingerprint density at radius 3 is 3.14 bits per heavy atom. The number of aromatic nitrogens is 1. The molecule has 0 spiro atoms. The Morgan fingerprint density at radius 2 is 2.43 bits per heavy atom. The van der Waals surface area contributed by atoms with Gasteiger partial charge in [0.05, 0.1) is 21.6 Å². The van der Waals surface area contributed by atoms with Crippen LogP contribution in [0.15, 0.2) is 23.7 Å². The van der Waals surface area contributed by atoms with Crippen LogP contribution in [0.4, 0.5) is 0 Å². The average Bonchev–Trinajstić information content (AvgIpc) is 2.62. The molecule has 2 aromatic rings. The van der Waals surface area contributed by atoms with Crippen LogP contribution in [0.2, 0.25) is 0 Å². The van der Waals surface area contributed by atoms with Gasteiger partial charge in [-0.25, -0.2) is 4.98 Å². The smallest absolute Gasteiger partial charge is 0.229 e. The summed E-state index contributed by atoms with van der Waals surface area (Å²) < 4.78 is 1.15. The molecule has 1 aromatic carbocycles. The zero-order valence-corrected chi connectivity index (χ0v) is 8.17. The largest absolute Gasteiger partial charge is 0.354 e. The van der Waals surface area contributed by atoms with Gasteiger partial charge in [-0.15, -0.1) is 11.3 Å². The monoisotopic (exact) mass is 204 g/mol. The summed E-state index contributed by atoms with van der Waals surface area (Å²) in [6, 6.07) is 6.04. The van der Waals surface area contributed by atoms with Crippen molar-refractivity contribution >= 4 is 27.5 Å². The minimum absolute atomic E-state index is 0.0569. The molecule has 1 saturated heterocycles. The first-order valence-corrected chi connectivity index (χ1v) is 5.33. The molecule has 0 radical (unpaired) electrons. The van der Waals surface area contributed by atoms with E-state index in [1.807, 2.05) is 17.6 Å². The highest BCUT2D eigenvalue weighted by molar-refractivity contribution is 7.16. The Bertz CT molecular complexity index is 506. The Morgan fingerprint density at radius 1 is 1.50 bits per heavy atom. The fraction of sp³-hybridized carbons (Fsp3) is 0.200. The van der Waals surface area contributed by atoms with E-state index in [1.165, 1.54) is 0 Å². The first kappa shape index (κ1) is 7.94. The molecule has 3 nitrogen and oxygen atoms in total. The summed E-state index contributed by atoms with van der Waals surface area (Å²) in [6.45, 7) is 0.767. The summed E-state index contributed by atoms with van der Waals surface area (Å²) in [7, 11) is 0. The fourth-order valence-corrected chi connectivity index (χ4v) is 2.37. The number of thiazole rings is 1. The van der Waals surface area contributed by atoms with Crippen molar-refractivity contribution in [2.75, 3.05) is 6.54 Å². The lowest BCUT2D eigenvalue weighted by Gasteiger charge is -2.26. The SMILES string of the molecule is O=C1NCC1c1ccc2ncsc2c1. The van der Waals surface area contributed by atoms with Crippen LogP contribution in [0, 0.1) is 0 Å². The number of carbonyl (C=O) groups excluding carboxylic acids is 1. The Kier molecular flexibility index (Phi) is 1.58. The Hall–Kier alpha value is -1.42. The number of nitrogens with one attached hydrogen (secondary N) is 1. The number of rotatable bonds is 1. The van der Waals surface area contributed by atoms with Gasteiger partial charge in [-0.3, -0.25) is 4.79 Å². The van der Waals surface area contributed by atoms with Crippen LogP contribution in [0.3, 0.4) is 0 Å². The van der Waals surface area contributed by atoms with E-state index in [2.05, 4.69) is 16.4 Å². The Balaban J connectivity index is 2.09. The highest BCUT2D eigenvalue weighted by Gasteiger charge is 2.29. The maximum atomic E-state index is 11.2. The van der Waals surface area contributed by atoms with Crippen molar-refractivity contribution in [2.24, 2.45) is 0 Å². The summed E-state index contributed by atoms with van der Waals surface area (Å²) >= 11 is 1.61. The molecule has 4 heteroatoms. The lowest BCUT2D eigenvalue weighted by Crippen LogP contribution is -2.46. The lowest BCUT2D eigenvalue weighted by atomic mass is 9.93. The van der Waals surface area contributed by atoms with E-state index in [4.69, 9.17) is 0 Å². The number of hydrogen-bond acceptors (Lipinski definition) is 3. The van der Waals surface area contributed by atoms with E-state index in [0.717, 1.165) is 22.3 Å². The molecule has 70 valence electrons. The van der Waals surface area contributed by atoms with E-state index < -0.39 is 0 Å². The van der Waals surface area contributed by atoms with Gasteiger partial charge < -0.3 is 5.32 Å². The standard InChI is InChI=1S/C10H8N2OS/c13-10-7(4-11-10)6-1-2-8-9(3-6)14-5-12-8/h1-3,5,7H,4H2,(H,11,13). The number of carbonyl (C=O) groups is 1. The van der Waals surface area contributed by atoms with Gasteiger partial charge in [0, 0.05) is 6.54 Å². The molecule has 1 aliphatic rings. The molecule has 2 heterocycles. The van der Waals surface area contributed by atoms with Crippen LogP contribution in [-0.2, 0) is 4.79 Å². The molecule has 1 fully saturated rings. The predicted octanol–water partition coefficient (Wildman–Crippen LogP) is 1.51. The molecule has 1 unspecified atom stereocenters. The third-order valence-corrected chi connectivity index (χ3v) is 3.35. The molecule has 1 amide bonds. The van der Waals surface area contributed by atoms with Crippen molar-refractivity contribution in [1.29, 1.82) is 0 Å². The van der Waals surface area contributed by atoms with Crippen LogP contribution in [0.1, 0.15) is 11.5 Å². The van der Waals surface area contributed by atoms with Crippen LogP contribution < -0.4 is 5.32 Å². The van der Waals surface area contributed by atoms with Gasteiger partial charge in [0.2, 0.25) is 5.91 Å². The predicted molar refractivity (Wildman–Crippen MR) is 55.4 cm³/mol. The van der Waals surface area contributed by atoms with Gasteiger partial charge in [0.1, 0.15) is 0 Å². The summed E-state index contributed by atoms with van der Waals surface area (Å²) in [6.07, 6.45) is 0. The molecular weight excluding hydrogens is 196 g/mol. The summed E-state index contributed by atoms with van der Waals surface area (Å²) in [5.41, 5.74) is 3.94. The molecule has 3 rings (SSSR count). The number of nitrogens with zero attached hydrogens (tertiary/aromatic N) is 1. The van der Waals surface area contributed by atoms with E-state index >= 15 is 0 Å². The normalized spacial score (nSPS) is 20.6. The molecule has 0 aliphatic carbocycles. The first-order valence-electron chi connectivity index (χ1n) is 4.45. The lowest BCUT2D eigenvalue weighted by molar-refractivity contribution is -0.127. The summed E-state index contributed by atoms with van der Waals surface area (Å²) in [5, 5.41) is 2.75. The van der Waals surface area contributed by atoms with Crippen molar-refractivity contribution in [3.8, 4) is 0 Å². The van der Waals surface area contributed by atoms with Gasteiger partial charge in [0.25, 0.3) is 0 Å². The second kappa shape index (κ2) is 2.78. The van der Waals surface area contributed by atoms with Crippen LogP contribution >= 0.6 is 11.3 Å². The molecule has 1 atom stereocenters. The Labute approximate surface area is 84.8 Å². The average molecular weight is 204 g/mol. The topological polar surface area (TPSA) is 42.0 Å². The van der Waals surface area contributed by atoms with Crippen molar-refractivity contribution < 1.29 is 4.79 Å². The van der Waals surface area contributed by atoms with Crippen molar-refractivity contribution in [2.45, 2.75) is 5.92 Å². The highest BCUT2D eigenvalue weighted by atomic mass is 32.1. The maximum Gasteiger partial charge on any atom is 0.229 e. The van der Waals surface area contributed by atoms with E-state index in [9.17, 15) is 4.79 Å². The molecular formula is C10H8N2OS. The molecule has 1 aliphatic heterocycles. The van der Waals surface area contributed by atoms with Crippen LogP contribution in [0.5, 0.6) is 0 Å². The quantitative estimate of drug-likeness (QED) is 0.715. The van der Waals surface area contributed by atoms with Crippen molar-refractivity contribution in [1.82, 2.24) is 10.3 Å². The zero-order valence-electron chi connectivity index (χ0n) is 7.36. The third kappa shape index (κ3) is 1.04. The molecule has 1 N–H and O–H groups in total. The fourth-order valence-electron chi connectivity index (χ4n) is 1.65. The second-order valence-corrected chi connectivity index (χ2v) is 4.26. The van der Waals surface area contributed by atoms with Gasteiger partial charge in [-0.05, 0) is 17.7 Å². The van der Waals surface area contributed by atoms with E-state index in [-0.39, 0.29) is 11.8 Å². The number of amides is 1. The van der Waals surface area contributed by atoms with Crippen molar-refractivity contribution in [3.63, 3.8) is 0 Å². The minimum Gasteiger partial charge on any atom is -0.354 e. The van der Waals surface area contributed by atoms with Crippen LogP contribution in [0.25, 0.3) is 10.2 Å². The van der Waals surface area contributed by atoms with E-state index in [0.29, 0.717) is 0 Å². The number of hydrogen-bond donors (Lipinski definition) is 1. The molecule has 1 aromatic heterocycles. The molecule has 14 heavy (non-hydrogen) atoms. The number of β-lactam (4-membered cyclic amide) rings is 1. The maximum absolute atomic E-state index is 11.2. The van der Waals surface area contributed by atoms with E-state index in [1.54, 1.807) is 11.3 Å². The van der Waals surface area contributed by atoms with Gasteiger partial charge in [0.15, 0.2) is 0 Å². The van der Waals surface area contributed by atoms with Gasteiger partial charge in [-0.1, -0.05) is 6.07 Å². The highest BCUT2D eigenvalue weighted by Crippen LogP contribution is 2.26. The first-order chi connectivity index (χ1) is 6.84. The number of benzene rings is 1. The third-order valence-electron chi connectivity index (χ3n) is 2.55. The van der Waals surface area contributed by atoms with Gasteiger partial charge in [-0.2, -0.15) is 0 Å². The second-order valence-electron chi connectivity index (χ2n) is 3.38. The van der Waals surface area contributed by atoms with Crippen molar-refractivity contribution in [3.05, 3.63) is 29.3 Å².